The zero-order valence-corrected chi connectivity index (χ0v) is 18.3. The smallest absolute Gasteiger partial charge is 0.317 e. The van der Waals surface area contributed by atoms with Gasteiger partial charge in [-0.3, -0.25) is 14.4 Å². The minimum absolute atomic E-state index is 0.00511. The van der Waals surface area contributed by atoms with E-state index in [0.29, 0.717) is 5.56 Å². The number of ketones is 1. The molecular weight excluding hydrogens is 388 g/mol. The summed E-state index contributed by atoms with van der Waals surface area (Å²) < 4.78 is 10.7. The van der Waals surface area contributed by atoms with Crippen LogP contribution in [0.3, 0.4) is 0 Å². The van der Waals surface area contributed by atoms with E-state index >= 15 is 0 Å². The molecule has 0 heterocycles. The third kappa shape index (κ3) is 5.59. The minimum Gasteiger partial charge on any atom is -0.508 e. The van der Waals surface area contributed by atoms with Gasteiger partial charge in [-0.05, 0) is 36.5 Å². The van der Waals surface area contributed by atoms with E-state index in [1.165, 1.54) is 19.1 Å². The lowest BCUT2D eigenvalue weighted by atomic mass is 9.61. The highest BCUT2D eigenvalue weighted by Gasteiger charge is 2.57. The zero-order chi connectivity index (χ0) is 22.6. The number of phenolic OH excluding ortho intramolecular Hbond substituents is 1. The van der Waals surface area contributed by atoms with Crippen LogP contribution in [0.2, 0.25) is 0 Å². The van der Waals surface area contributed by atoms with Gasteiger partial charge < -0.3 is 19.7 Å². The minimum atomic E-state index is -1.69. The van der Waals surface area contributed by atoms with Gasteiger partial charge in [-0.15, -0.1) is 0 Å². The van der Waals surface area contributed by atoms with E-state index in [9.17, 15) is 24.6 Å². The number of phenols is 1. The van der Waals surface area contributed by atoms with Crippen molar-refractivity contribution in [1.29, 1.82) is 0 Å². The Bertz CT molecular complexity index is 764. The summed E-state index contributed by atoms with van der Waals surface area (Å²) in [5.74, 6) is -5.06. The lowest BCUT2D eigenvalue weighted by Crippen LogP contribution is -2.55. The quantitative estimate of drug-likeness (QED) is 0.515. The third-order valence-corrected chi connectivity index (χ3v) is 5.17. The van der Waals surface area contributed by atoms with Gasteiger partial charge in [0, 0.05) is 12.3 Å². The summed E-state index contributed by atoms with van der Waals surface area (Å²) in [7, 11) is 0. The monoisotopic (exact) mass is 420 g/mol. The number of aromatic hydroxyl groups is 1. The molecule has 1 aromatic carbocycles. The molecule has 0 saturated heterocycles. The van der Waals surface area contributed by atoms with Crippen LogP contribution in [0.15, 0.2) is 24.3 Å². The number of aliphatic hydroxyl groups is 1. The fourth-order valence-corrected chi connectivity index (χ4v) is 3.79. The Morgan fingerprint density at radius 2 is 1.53 bits per heavy atom. The van der Waals surface area contributed by atoms with Gasteiger partial charge in [0.1, 0.15) is 11.7 Å². The van der Waals surface area contributed by atoms with Gasteiger partial charge in [0.25, 0.3) is 0 Å². The van der Waals surface area contributed by atoms with Crippen LogP contribution in [0.25, 0.3) is 0 Å². The summed E-state index contributed by atoms with van der Waals surface area (Å²) >= 11 is 0. The molecule has 1 aliphatic rings. The van der Waals surface area contributed by atoms with Gasteiger partial charge in [0.2, 0.25) is 0 Å². The molecule has 0 amide bonds. The number of hydrogen-bond acceptors (Lipinski definition) is 7. The average Bonchev–Trinajstić information content (AvgIpc) is 2.63. The summed E-state index contributed by atoms with van der Waals surface area (Å²) in [6, 6.07) is 5.91. The molecule has 7 nitrogen and oxygen atoms in total. The first-order valence-electron chi connectivity index (χ1n) is 10.3. The number of hydrogen-bond donors (Lipinski definition) is 2. The van der Waals surface area contributed by atoms with Crippen LogP contribution in [0.1, 0.15) is 52.5 Å². The second kappa shape index (κ2) is 9.60. The molecule has 166 valence electrons. The lowest BCUT2D eigenvalue weighted by molar-refractivity contribution is -0.173. The van der Waals surface area contributed by atoms with Crippen molar-refractivity contribution < 1.29 is 34.1 Å². The molecule has 7 heteroatoms. The summed E-state index contributed by atoms with van der Waals surface area (Å²) in [5, 5.41) is 20.7. The van der Waals surface area contributed by atoms with E-state index < -0.39 is 41.1 Å². The van der Waals surface area contributed by atoms with Gasteiger partial charge in [0.05, 0.1) is 24.7 Å². The van der Waals surface area contributed by atoms with E-state index in [-0.39, 0.29) is 37.2 Å². The molecule has 4 atom stereocenters. The van der Waals surface area contributed by atoms with Crippen molar-refractivity contribution in [2.45, 2.75) is 52.6 Å². The first-order valence-corrected chi connectivity index (χ1v) is 10.3. The maximum atomic E-state index is 13.0. The number of benzene rings is 1. The SMILES string of the molecule is CC(C)COC(=O)[C@H]1C(=O)C[C@](C)(O)[C@@H](C(=O)OCC(C)C)[C@@H]1c1ccc(O)cc1. The fourth-order valence-electron chi connectivity index (χ4n) is 3.79. The third-order valence-electron chi connectivity index (χ3n) is 5.17. The van der Waals surface area contributed by atoms with E-state index in [2.05, 4.69) is 0 Å². The van der Waals surface area contributed by atoms with Crippen molar-refractivity contribution in [2.75, 3.05) is 13.2 Å². The Kier molecular flexibility index (Phi) is 7.64. The van der Waals surface area contributed by atoms with Crippen molar-refractivity contribution in [1.82, 2.24) is 0 Å². The molecule has 0 aromatic heterocycles. The maximum Gasteiger partial charge on any atom is 0.317 e. The van der Waals surface area contributed by atoms with Gasteiger partial charge in [-0.2, -0.15) is 0 Å². The molecule has 1 aliphatic carbocycles. The molecule has 0 aliphatic heterocycles. The van der Waals surface area contributed by atoms with Crippen molar-refractivity contribution in [3.63, 3.8) is 0 Å². The number of rotatable bonds is 7. The van der Waals surface area contributed by atoms with Crippen molar-refractivity contribution >= 4 is 17.7 Å². The molecule has 30 heavy (non-hydrogen) atoms. The fraction of sp³-hybridized carbons (Fsp3) is 0.609. The number of esters is 2. The van der Waals surface area contributed by atoms with Crippen LogP contribution < -0.4 is 0 Å². The molecular formula is C23H32O7. The second-order valence-corrected chi connectivity index (χ2v) is 9.12. The highest BCUT2D eigenvalue weighted by atomic mass is 16.5. The number of ether oxygens (including phenoxy) is 2. The van der Waals surface area contributed by atoms with Gasteiger partial charge in [0.15, 0.2) is 5.78 Å². The molecule has 0 spiro atoms. The van der Waals surface area contributed by atoms with Crippen LogP contribution in [0, 0.1) is 23.7 Å². The van der Waals surface area contributed by atoms with E-state index in [4.69, 9.17) is 9.47 Å². The first-order chi connectivity index (χ1) is 13.9. The van der Waals surface area contributed by atoms with E-state index in [1.54, 1.807) is 12.1 Å². The number of Topliss-reactive ketones (excluding diaryl/α,β-unsaturated/α-hetero) is 1. The normalized spacial score (nSPS) is 26.7. The summed E-state index contributed by atoms with van der Waals surface area (Å²) in [6.07, 6.45) is -0.357. The zero-order valence-electron chi connectivity index (χ0n) is 18.3. The molecule has 0 radical (unpaired) electrons. The Hall–Kier alpha value is -2.41. The summed E-state index contributed by atoms with van der Waals surface area (Å²) in [4.78, 5) is 38.8. The van der Waals surface area contributed by atoms with Gasteiger partial charge >= 0.3 is 11.9 Å². The van der Waals surface area contributed by atoms with Crippen molar-refractivity contribution in [3.05, 3.63) is 29.8 Å². The predicted octanol–water partition coefficient (Wildman–Crippen LogP) is 2.83. The average molecular weight is 421 g/mol. The molecule has 0 bridgehead atoms. The van der Waals surface area contributed by atoms with Crippen LogP contribution in [-0.2, 0) is 23.9 Å². The van der Waals surface area contributed by atoms with E-state index in [1.807, 2.05) is 27.7 Å². The molecule has 2 rings (SSSR count). The Morgan fingerprint density at radius 1 is 1.03 bits per heavy atom. The standard InChI is InChI=1S/C23H32O7/c1-13(2)11-29-21(26)19-17(25)10-23(5,28)20(22(27)30-12-14(3)4)18(19)15-6-8-16(24)9-7-15/h6-9,13-14,18-20,24,28H,10-12H2,1-5H3/t18-,19+,20-,23+/m1/s1. The van der Waals surface area contributed by atoms with Gasteiger partial charge in [-0.1, -0.05) is 39.8 Å². The second-order valence-electron chi connectivity index (χ2n) is 9.12. The van der Waals surface area contributed by atoms with Crippen molar-refractivity contribution in [2.24, 2.45) is 23.7 Å². The molecule has 1 saturated carbocycles. The number of carbonyl (C=O) groups is 3. The Balaban J connectivity index is 2.51. The molecule has 2 N–H and O–H groups in total. The predicted molar refractivity (Wildman–Crippen MR) is 110 cm³/mol. The van der Waals surface area contributed by atoms with Crippen molar-refractivity contribution in [3.8, 4) is 5.75 Å². The lowest BCUT2D eigenvalue weighted by Gasteiger charge is -2.43. The number of carbonyl (C=O) groups excluding carboxylic acids is 3. The van der Waals surface area contributed by atoms with Gasteiger partial charge in [-0.25, -0.2) is 0 Å². The highest BCUT2D eigenvalue weighted by Crippen LogP contribution is 2.47. The largest absolute Gasteiger partial charge is 0.508 e. The molecule has 0 unspecified atom stereocenters. The van der Waals surface area contributed by atoms with E-state index in [0.717, 1.165) is 0 Å². The Labute approximate surface area is 177 Å². The first kappa shape index (κ1) is 23.9. The Morgan fingerprint density at radius 3 is 2.03 bits per heavy atom. The maximum absolute atomic E-state index is 13.0. The van der Waals surface area contributed by atoms with Crippen LogP contribution in [0.4, 0.5) is 0 Å². The van der Waals surface area contributed by atoms with Crippen LogP contribution in [-0.4, -0.2) is 46.7 Å². The van der Waals surface area contributed by atoms with Crippen LogP contribution in [0.5, 0.6) is 5.75 Å². The topological polar surface area (TPSA) is 110 Å². The highest BCUT2D eigenvalue weighted by molar-refractivity contribution is 6.02. The molecule has 1 fully saturated rings. The summed E-state index contributed by atoms with van der Waals surface area (Å²) in [6.45, 7) is 9.25. The molecule has 1 aromatic rings. The van der Waals surface area contributed by atoms with Crippen LogP contribution >= 0.6 is 0 Å². The summed E-state index contributed by atoms with van der Waals surface area (Å²) in [5.41, 5.74) is -1.22.